The summed E-state index contributed by atoms with van der Waals surface area (Å²) in [6, 6.07) is 5.30. The van der Waals surface area contributed by atoms with Gasteiger partial charge in [-0.2, -0.15) is 12.7 Å². The van der Waals surface area contributed by atoms with Crippen LogP contribution < -0.4 is 4.31 Å². The van der Waals surface area contributed by atoms with E-state index in [1.807, 2.05) is 6.07 Å². The van der Waals surface area contributed by atoms with Gasteiger partial charge in [0.1, 0.15) is 0 Å². The average Bonchev–Trinajstić information content (AvgIpc) is 2.91. The molecule has 0 amide bonds. The molecule has 0 aromatic heterocycles. The number of piperidine rings is 1. The third kappa shape index (κ3) is 2.58. The van der Waals surface area contributed by atoms with Gasteiger partial charge in [0.15, 0.2) is 5.78 Å². The first-order valence-electron chi connectivity index (χ1n) is 7.42. The molecule has 5 nitrogen and oxygen atoms in total. The first kappa shape index (κ1) is 14.5. The summed E-state index contributed by atoms with van der Waals surface area (Å²) >= 11 is 0. The second kappa shape index (κ2) is 5.42. The summed E-state index contributed by atoms with van der Waals surface area (Å²) < 4.78 is 28.6. The van der Waals surface area contributed by atoms with Gasteiger partial charge in [-0.3, -0.25) is 9.10 Å². The predicted octanol–water partition coefficient (Wildman–Crippen LogP) is 1.98. The Kier molecular flexibility index (Phi) is 3.75. The smallest absolute Gasteiger partial charge is 0.295 e. The summed E-state index contributed by atoms with van der Waals surface area (Å²) in [4.78, 5) is 11.4. The van der Waals surface area contributed by atoms with E-state index >= 15 is 0 Å². The van der Waals surface area contributed by atoms with Gasteiger partial charge in [0.25, 0.3) is 0 Å². The number of anilines is 1. The van der Waals surface area contributed by atoms with E-state index in [9.17, 15) is 13.2 Å². The van der Waals surface area contributed by atoms with E-state index in [4.69, 9.17) is 0 Å². The molecule has 1 saturated heterocycles. The molecule has 114 valence electrons. The number of rotatable bonds is 3. The van der Waals surface area contributed by atoms with Crippen LogP contribution in [0.2, 0.25) is 0 Å². The zero-order chi connectivity index (χ0) is 15.0. The molecule has 2 heterocycles. The summed E-state index contributed by atoms with van der Waals surface area (Å²) in [6.45, 7) is 3.22. The van der Waals surface area contributed by atoms with Gasteiger partial charge in [-0.25, -0.2) is 0 Å². The Morgan fingerprint density at radius 3 is 2.48 bits per heavy atom. The maximum absolute atomic E-state index is 12.8. The van der Waals surface area contributed by atoms with Crippen LogP contribution in [0.15, 0.2) is 18.2 Å². The molecule has 21 heavy (non-hydrogen) atoms. The van der Waals surface area contributed by atoms with E-state index in [0.29, 0.717) is 31.6 Å². The molecule has 0 aliphatic carbocycles. The molecule has 6 heteroatoms. The molecule has 0 radical (unpaired) electrons. The van der Waals surface area contributed by atoms with E-state index in [-0.39, 0.29) is 5.78 Å². The molecule has 0 unspecified atom stereocenters. The highest BCUT2D eigenvalue weighted by molar-refractivity contribution is 7.90. The monoisotopic (exact) mass is 308 g/mol. The molecule has 0 saturated carbocycles. The zero-order valence-corrected chi connectivity index (χ0v) is 13.0. The molecule has 0 atom stereocenters. The minimum atomic E-state index is -3.43. The number of hydrogen-bond acceptors (Lipinski definition) is 3. The van der Waals surface area contributed by atoms with E-state index in [1.54, 1.807) is 16.4 Å². The van der Waals surface area contributed by atoms with Crippen LogP contribution in [-0.2, 0) is 16.6 Å². The lowest BCUT2D eigenvalue weighted by molar-refractivity contribution is 0.101. The van der Waals surface area contributed by atoms with Gasteiger partial charge in [-0.1, -0.05) is 6.42 Å². The molecule has 2 aliphatic rings. The summed E-state index contributed by atoms with van der Waals surface area (Å²) in [5.41, 5.74) is 2.32. The molecule has 0 N–H and O–H groups in total. The topological polar surface area (TPSA) is 57.7 Å². The fourth-order valence-corrected chi connectivity index (χ4v) is 4.81. The summed E-state index contributed by atoms with van der Waals surface area (Å²) in [5, 5.41) is 0. The van der Waals surface area contributed by atoms with Gasteiger partial charge in [-0.15, -0.1) is 0 Å². The van der Waals surface area contributed by atoms with Crippen molar-refractivity contribution in [1.82, 2.24) is 4.31 Å². The van der Waals surface area contributed by atoms with Gasteiger partial charge in [-0.05, 0) is 49.9 Å². The lowest BCUT2D eigenvalue weighted by Crippen LogP contribution is -2.45. The number of carbonyl (C=O) groups excluding carboxylic acids is 1. The largest absolute Gasteiger partial charge is 0.304 e. The predicted molar refractivity (Wildman–Crippen MR) is 81.8 cm³/mol. The van der Waals surface area contributed by atoms with Crippen molar-refractivity contribution in [3.8, 4) is 0 Å². The molecule has 1 aromatic rings. The summed E-state index contributed by atoms with van der Waals surface area (Å²) in [7, 11) is -3.43. The molecule has 0 spiro atoms. The lowest BCUT2D eigenvalue weighted by atomic mass is 10.1. The quantitative estimate of drug-likeness (QED) is 0.802. The summed E-state index contributed by atoms with van der Waals surface area (Å²) in [5.74, 6) is 0.00939. The molecule has 0 bridgehead atoms. The molecule has 3 rings (SSSR count). The number of nitrogens with zero attached hydrogens (tertiary/aromatic N) is 2. The Hall–Kier alpha value is -1.40. The number of ketones is 1. The average molecular weight is 308 g/mol. The standard InChI is InChI=1S/C15H20N2O3S/c1-12(18)13-5-6-15-14(11-13)7-10-17(15)21(19,20)16-8-3-2-4-9-16/h5-6,11H,2-4,7-10H2,1H3. The Labute approximate surface area is 125 Å². The highest BCUT2D eigenvalue weighted by Crippen LogP contribution is 2.33. The zero-order valence-electron chi connectivity index (χ0n) is 12.2. The fraction of sp³-hybridized carbons (Fsp3) is 0.533. The van der Waals surface area contributed by atoms with Crippen molar-refractivity contribution in [2.75, 3.05) is 23.9 Å². The van der Waals surface area contributed by atoms with Crippen LogP contribution in [-0.4, -0.2) is 38.1 Å². The maximum atomic E-state index is 12.8. The minimum absolute atomic E-state index is 0.00939. The Morgan fingerprint density at radius 1 is 1.10 bits per heavy atom. The van der Waals surface area contributed by atoms with Crippen LogP contribution in [0, 0.1) is 0 Å². The van der Waals surface area contributed by atoms with Crippen molar-refractivity contribution in [2.45, 2.75) is 32.6 Å². The number of carbonyl (C=O) groups is 1. The molecule has 1 fully saturated rings. The number of benzene rings is 1. The normalized spacial score (nSPS) is 19.6. The number of fused-ring (bicyclic) bond motifs is 1. The van der Waals surface area contributed by atoms with E-state index in [0.717, 1.165) is 30.5 Å². The van der Waals surface area contributed by atoms with Crippen LogP contribution in [0.25, 0.3) is 0 Å². The molecular formula is C15H20N2O3S. The van der Waals surface area contributed by atoms with Crippen molar-refractivity contribution in [1.29, 1.82) is 0 Å². The van der Waals surface area contributed by atoms with Gasteiger partial charge < -0.3 is 0 Å². The third-order valence-electron chi connectivity index (χ3n) is 4.26. The van der Waals surface area contributed by atoms with Crippen molar-refractivity contribution < 1.29 is 13.2 Å². The highest BCUT2D eigenvalue weighted by atomic mass is 32.2. The second-order valence-electron chi connectivity index (χ2n) is 5.69. The first-order valence-corrected chi connectivity index (χ1v) is 8.81. The van der Waals surface area contributed by atoms with E-state index in [1.165, 1.54) is 11.2 Å². The Bertz CT molecular complexity index is 663. The van der Waals surface area contributed by atoms with Crippen molar-refractivity contribution >= 4 is 21.7 Å². The van der Waals surface area contributed by atoms with E-state index in [2.05, 4.69) is 0 Å². The minimum Gasteiger partial charge on any atom is -0.295 e. The SMILES string of the molecule is CC(=O)c1ccc2c(c1)CCN2S(=O)(=O)N1CCCCC1. The Balaban J connectivity index is 1.91. The van der Waals surface area contributed by atoms with Gasteiger partial charge in [0.05, 0.1) is 5.69 Å². The molecule has 2 aliphatic heterocycles. The van der Waals surface area contributed by atoms with Crippen LogP contribution in [0.5, 0.6) is 0 Å². The second-order valence-corrected chi connectivity index (χ2v) is 7.54. The molecular weight excluding hydrogens is 288 g/mol. The van der Waals surface area contributed by atoms with Gasteiger partial charge in [0.2, 0.25) is 0 Å². The van der Waals surface area contributed by atoms with Crippen LogP contribution in [0.1, 0.15) is 42.1 Å². The highest BCUT2D eigenvalue weighted by Gasteiger charge is 2.34. The van der Waals surface area contributed by atoms with E-state index < -0.39 is 10.2 Å². The maximum Gasteiger partial charge on any atom is 0.304 e. The van der Waals surface area contributed by atoms with Crippen molar-refractivity contribution in [3.63, 3.8) is 0 Å². The van der Waals surface area contributed by atoms with Crippen LogP contribution >= 0.6 is 0 Å². The van der Waals surface area contributed by atoms with Crippen molar-refractivity contribution in [3.05, 3.63) is 29.3 Å². The first-order chi connectivity index (χ1) is 10.00. The number of hydrogen-bond donors (Lipinski definition) is 0. The molecule has 1 aromatic carbocycles. The van der Waals surface area contributed by atoms with Gasteiger partial charge in [0, 0.05) is 25.2 Å². The fourth-order valence-electron chi connectivity index (χ4n) is 3.07. The number of Topliss-reactive ketones (excluding diaryl/α,β-unsaturated/α-hetero) is 1. The third-order valence-corrected chi connectivity index (χ3v) is 6.21. The summed E-state index contributed by atoms with van der Waals surface area (Å²) in [6.07, 6.45) is 3.64. The van der Waals surface area contributed by atoms with Crippen molar-refractivity contribution in [2.24, 2.45) is 0 Å². The Morgan fingerprint density at radius 2 is 1.81 bits per heavy atom. The van der Waals surface area contributed by atoms with Crippen LogP contribution in [0.3, 0.4) is 0 Å². The van der Waals surface area contributed by atoms with Crippen LogP contribution in [0.4, 0.5) is 5.69 Å². The lowest BCUT2D eigenvalue weighted by Gasteiger charge is -2.31. The van der Waals surface area contributed by atoms with Gasteiger partial charge >= 0.3 is 10.2 Å².